The van der Waals surface area contributed by atoms with Crippen molar-refractivity contribution in [3.05, 3.63) is 52.5 Å². The number of rotatable bonds is 4. The number of para-hydroxylation sites is 1. The molecule has 1 amide bonds. The van der Waals surface area contributed by atoms with E-state index in [-0.39, 0.29) is 27.8 Å². The zero-order valence-corrected chi connectivity index (χ0v) is 13.5. The largest absolute Gasteiger partial charge is 0.493 e. The highest BCUT2D eigenvalue weighted by Crippen LogP contribution is 2.37. The molecule has 0 unspecified atom stereocenters. The predicted octanol–water partition coefficient (Wildman–Crippen LogP) is 4.63. The third-order valence-electron chi connectivity index (χ3n) is 3.18. The molecule has 0 aliphatic carbocycles. The van der Waals surface area contributed by atoms with Crippen LogP contribution in [-0.2, 0) is 6.18 Å². The molecule has 2 rings (SSSR count). The molecule has 8 heteroatoms. The normalized spacial score (nSPS) is 11.1. The van der Waals surface area contributed by atoms with Gasteiger partial charge in [-0.1, -0.05) is 23.7 Å². The molecule has 2 aromatic rings. The van der Waals surface area contributed by atoms with Gasteiger partial charge in [-0.2, -0.15) is 13.2 Å². The molecule has 4 nitrogen and oxygen atoms in total. The number of methoxy groups -OCH3 is 2. The first-order valence-corrected chi connectivity index (χ1v) is 7.04. The van der Waals surface area contributed by atoms with Crippen LogP contribution in [-0.4, -0.2) is 20.1 Å². The molecule has 0 fully saturated rings. The number of amides is 1. The van der Waals surface area contributed by atoms with E-state index >= 15 is 0 Å². The van der Waals surface area contributed by atoms with Crippen LogP contribution in [0.4, 0.5) is 18.9 Å². The first-order valence-electron chi connectivity index (χ1n) is 6.67. The fourth-order valence-electron chi connectivity index (χ4n) is 2.08. The van der Waals surface area contributed by atoms with Gasteiger partial charge in [-0.05, 0) is 24.3 Å². The van der Waals surface area contributed by atoms with Gasteiger partial charge in [0.15, 0.2) is 11.5 Å². The summed E-state index contributed by atoms with van der Waals surface area (Å²) in [6.45, 7) is 0. The second kappa shape index (κ2) is 7.00. The maximum atomic E-state index is 13.0. The maximum Gasteiger partial charge on any atom is 0.418 e. The predicted molar refractivity (Wildman–Crippen MR) is 84.0 cm³/mol. The summed E-state index contributed by atoms with van der Waals surface area (Å²) >= 11 is 6.00. The van der Waals surface area contributed by atoms with Crippen molar-refractivity contribution in [1.82, 2.24) is 0 Å². The number of benzene rings is 2. The van der Waals surface area contributed by atoms with Crippen LogP contribution in [0.15, 0.2) is 36.4 Å². The molecule has 0 saturated heterocycles. The number of carbonyl (C=O) groups excluding carboxylic acids is 1. The van der Waals surface area contributed by atoms with E-state index in [0.29, 0.717) is 0 Å². The van der Waals surface area contributed by atoms with Crippen LogP contribution < -0.4 is 14.8 Å². The van der Waals surface area contributed by atoms with Crippen molar-refractivity contribution in [2.24, 2.45) is 0 Å². The van der Waals surface area contributed by atoms with Gasteiger partial charge in [0.25, 0.3) is 5.91 Å². The van der Waals surface area contributed by atoms with Gasteiger partial charge in [-0.15, -0.1) is 0 Å². The van der Waals surface area contributed by atoms with Crippen LogP contribution in [0.5, 0.6) is 11.5 Å². The van der Waals surface area contributed by atoms with Crippen LogP contribution >= 0.6 is 11.6 Å². The molecule has 0 heterocycles. The molecular weight excluding hydrogens is 347 g/mol. The second-order valence-electron chi connectivity index (χ2n) is 4.69. The highest BCUT2D eigenvalue weighted by molar-refractivity contribution is 6.32. The summed E-state index contributed by atoms with van der Waals surface area (Å²) in [5.74, 6) is -0.333. The third-order valence-corrected chi connectivity index (χ3v) is 3.46. The van der Waals surface area contributed by atoms with Gasteiger partial charge < -0.3 is 14.8 Å². The van der Waals surface area contributed by atoms with E-state index in [1.165, 1.54) is 44.6 Å². The lowest BCUT2D eigenvalue weighted by Crippen LogP contribution is -2.16. The Kier molecular flexibility index (Phi) is 5.23. The fraction of sp³-hybridized carbons (Fsp3) is 0.188. The lowest BCUT2D eigenvalue weighted by atomic mass is 10.1. The zero-order chi connectivity index (χ0) is 17.9. The smallest absolute Gasteiger partial charge is 0.418 e. The van der Waals surface area contributed by atoms with Crippen molar-refractivity contribution in [2.45, 2.75) is 6.18 Å². The molecule has 0 saturated carbocycles. The van der Waals surface area contributed by atoms with E-state index in [0.717, 1.165) is 6.07 Å². The lowest BCUT2D eigenvalue weighted by molar-refractivity contribution is -0.136. The molecule has 1 N–H and O–H groups in total. The van der Waals surface area contributed by atoms with Crippen molar-refractivity contribution in [3.63, 3.8) is 0 Å². The summed E-state index contributed by atoms with van der Waals surface area (Å²) in [5.41, 5.74) is -1.25. The number of ether oxygens (including phenoxy) is 2. The van der Waals surface area contributed by atoms with E-state index in [2.05, 4.69) is 5.32 Å². The Morgan fingerprint density at radius 3 is 2.38 bits per heavy atom. The summed E-state index contributed by atoms with van der Waals surface area (Å²) in [6.07, 6.45) is -4.58. The molecule has 128 valence electrons. The Hall–Kier alpha value is -2.41. The van der Waals surface area contributed by atoms with Gasteiger partial charge in [0.2, 0.25) is 0 Å². The minimum Gasteiger partial charge on any atom is -0.493 e. The van der Waals surface area contributed by atoms with Gasteiger partial charge in [-0.25, -0.2) is 0 Å². The van der Waals surface area contributed by atoms with Crippen LogP contribution in [0.2, 0.25) is 5.02 Å². The number of halogens is 4. The van der Waals surface area contributed by atoms with Gasteiger partial charge >= 0.3 is 6.18 Å². The number of carbonyl (C=O) groups is 1. The van der Waals surface area contributed by atoms with Crippen LogP contribution in [0.1, 0.15) is 15.9 Å². The SMILES string of the molecule is COc1cc(C(=O)Nc2ccccc2C(F)(F)F)cc(Cl)c1OC. The first kappa shape index (κ1) is 17.9. The molecule has 0 aliphatic heterocycles. The minimum absolute atomic E-state index is 0.0367. The first-order chi connectivity index (χ1) is 11.3. The second-order valence-corrected chi connectivity index (χ2v) is 5.10. The van der Waals surface area contributed by atoms with E-state index in [9.17, 15) is 18.0 Å². The van der Waals surface area contributed by atoms with Crippen LogP contribution in [0.25, 0.3) is 0 Å². The van der Waals surface area contributed by atoms with E-state index in [1.54, 1.807) is 0 Å². The minimum atomic E-state index is -4.58. The van der Waals surface area contributed by atoms with Crippen LogP contribution in [0, 0.1) is 0 Å². The molecule has 2 aromatic carbocycles. The van der Waals surface area contributed by atoms with Crippen molar-refractivity contribution in [3.8, 4) is 11.5 Å². The fourth-order valence-corrected chi connectivity index (χ4v) is 2.37. The number of alkyl halides is 3. The highest BCUT2D eigenvalue weighted by atomic mass is 35.5. The number of hydrogen-bond acceptors (Lipinski definition) is 3. The van der Waals surface area contributed by atoms with E-state index in [1.807, 2.05) is 0 Å². The Bertz CT molecular complexity index is 763. The molecule has 0 spiro atoms. The Morgan fingerprint density at radius 1 is 1.12 bits per heavy atom. The van der Waals surface area contributed by atoms with Crippen molar-refractivity contribution in [2.75, 3.05) is 19.5 Å². The number of hydrogen-bond donors (Lipinski definition) is 1. The number of anilines is 1. The Morgan fingerprint density at radius 2 is 1.79 bits per heavy atom. The monoisotopic (exact) mass is 359 g/mol. The van der Waals surface area contributed by atoms with Crippen molar-refractivity contribution >= 4 is 23.2 Å². The van der Waals surface area contributed by atoms with Gasteiger partial charge in [0.05, 0.1) is 30.5 Å². The van der Waals surface area contributed by atoms with Gasteiger partial charge in [0.1, 0.15) is 0 Å². The van der Waals surface area contributed by atoms with Gasteiger partial charge in [0, 0.05) is 5.56 Å². The summed E-state index contributed by atoms with van der Waals surface area (Å²) in [6, 6.07) is 7.31. The van der Waals surface area contributed by atoms with Crippen LogP contribution in [0.3, 0.4) is 0 Å². The molecule has 0 bridgehead atoms. The average Bonchev–Trinajstić information content (AvgIpc) is 2.53. The number of nitrogens with one attached hydrogen (secondary N) is 1. The summed E-state index contributed by atoms with van der Waals surface area (Å²) in [7, 11) is 2.73. The van der Waals surface area contributed by atoms with E-state index in [4.69, 9.17) is 21.1 Å². The quantitative estimate of drug-likeness (QED) is 0.866. The Balaban J connectivity index is 2.37. The van der Waals surface area contributed by atoms with E-state index < -0.39 is 17.6 Å². The summed E-state index contributed by atoms with van der Waals surface area (Å²) < 4.78 is 49.0. The maximum absolute atomic E-state index is 13.0. The summed E-state index contributed by atoms with van der Waals surface area (Å²) in [5, 5.41) is 2.34. The standard InChI is InChI=1S/C16H13ClF3NO3/c1-23-13-8-9(7-11(17)14(13)24-2)15(22)21-12-6-4-3-5-10(12)16(18,19)20/h3-8H,1-2H3,(H,21,22). The molecular formula is C16H13ClF3NO3. The Labute approximate surface area is 141 Å². The average molecular weight is 360 g/mol. The third kappa shape index (κ3) is 3.73. The molecule has 0 aliphatic rings. The molecule has 0 radical (unpaired) electrons. The topological polar surface area (TPSA) is 47.6 Å². The zero-order valence-electron chi connectivity index (χ0n) is 12.7. The highest BCUT2D eigenvalue weighted by Gasteiger charge is 2.33. The molecule has 24 heavy (non-hydrogen) atoms. The summed E-state index contributed by atoms with van der Waals surface area (Å²) in [4.78, 5) is 12.3. The van der Waals surface area contributed by atoms with Gasteiger partial charge in [-0.3, -0.25) is 4.79 Å². The molecule has 0 aromatic heterocycles. The lowest BCUT2D eigenvalue weighted by Gasteiger charge is -2.15. The van der Waals surface area contributed by atoms with Crippen molar-refractivity contribution in [1.29, 1.82) is 0 Å². The molecule has 0 atom stereocenters. The van der Waals surface area contributed by atoms with Crippen molar-refractivity contribution < 1.29 is 27.4 Å².